The molecule has 5 nitrogen and oxygen atoms in total. The minimum Gasteiger partial charge on any atom is -0.378 e. The number of benzene rings is 2. The van der Waals surface area contributed by atoms with Crippen LogP contribution in [0.4, 0.5) is 0 Å². The van der Waals surface area contributed by atoms with Crippen molar-refractivity contribution in [2.24, 2.45) is 0 Å². The van der Waals surface area contributed by atoms with Crippen molar-refractivity contribution >= 4 is 29.1 Å². The Morgan fingerprint density at radius 3 is 2.39 bits per heavy atom. The Balaban J connectivity index is 1.39. The smallest absolute Gasteiger partial charge is 0.227 e. The summed E-state index contributed by atoms with van der Waals surface area (Å²) in [5.41, 5.74) is 2.21. The number of carbonyl (C=O) groups is 1. The molecule has 0 radical (unpaired) electrons. The normalized spacial score (nSPS) is 26.4. The summed E-state index contributed by atoms with van der Waals surface area (Å²) in [6.07, 6.45) is 2.78. The average Bonchev–Trinajstić information content (AvgIpc) is 3.37. The number of rotatable bonds is 5. The SMILES string of the molecule is O=C(Cc1ccc(Cl)c(Cl)c1)N1CCN(Cc2ccccc2)C2COCC(N3CCCC3)[C@H]21. The molecule has 3 fully saturated rings. The third kappa shape index (κ3) is 5.08. The average molecular weight is 488 g/mol. The summed E-state index contributed by atoms with van der Waals surface area (Å²) in [5, 5.41) is 1.01. The van der Waals surface area contributed by atoms with Gasteiger partial charge in [0, 0.05) is 19.6 Å². The van der Waals surface area contributed by atoms with Crippen molar-refractivity contribution in [3.63, 3.8) is 0 Å². The molecule has 2 aromatic carbocycles. The zero-order valence-electron chi connectivity index (χ0n) is 18.8. The highest BCUT2D eigenvalue weighted by molar-refractivity contribution is 6.42. The van der Waals surface area contributed by atoms with Gasteiger partial charge in [0.25, 0.3) is 0 Å². The predicted molar refractivity (Wildman–Crippen MR) is 132 cm³/mol. The molecule has 176 valence electrons. The van der Waals surface area contributed by atoms with E-state index >= 15 is 0 Å². The van der Waals surface area contributed by atoms with E-state index in [2.05, 4.69) is 45.0 Å². The van der Waals surface area contributed by atoms with Gasteiger partial charge in [0.1, 0.15) is 0 Å². The van der Waals surface area contributed by atoms with Gasteiger partial charge in [-0.25, -0.2) is 0 Å². The van der Waals surface area contributed by atoms with Gasteiger partial charge in [-0.05, 0) is 49.2 Å². The number of fused-ring (bicyclic) bond motifs is 1. The summed E-state index contributed by atoms with van der Waals surface area (Å²) >= 11 is 12.3. The van der Waals surface area contributed by atoms with Crippen LogP contribution in [0.1, 0.15) is 24.0 Å². The maximum absolute atomic E-state index is 13.6. The van der Waals surface area contributed by atoms with E-state index in [4.69, 9.17) is 27.9 Å². The fourth-order valence-corrected chi connectivity index (χ4v) is 6.00. The van der Waals surface area contributed by atoms with Gasteiger partial charge in [0.05, 0.1) is 47.8 Å². The summed E-state index contributed by atoms with van der Waals surface area (Å²) in [6.45, 7) is 6.00. The molecule has 1 amide bonds. The summed E-state index contributed by atoms with van der Waals surface area (Å²) < 4.78 is 6.15. The van der Waals surface area contributed by atoms with Gasteiger partial charge in [0.2, 0.25) is 5.91 Å². The number of likely N-dealkylation sites (tertiary alicyclic amines) is 1. The highest BCUT2D eigenvalue weighted by Gasteiger charge is 2.47. The summed E-state index contributed by atoms with van der Waals surface area (Å²) in [4.78, 5) is 20.8. The maximum atomic E-state index is 13.6. The third-order valence-corrected chi connectivity index (χ3v) is 8.06. The largest absolute Gasteiger partial charge is 0.378 e. The number of carbonyl (C=O) groups excluding carboxylic acids is 1. The van der Waals surface area contributed by atoms with Crippen LogP contribution in [0, 0.1) is 0 Å². The summed E-state index contributed by atoms with van der Waals surface area (Å²) in [6, 6.07) is 16.6. The van der Waals surface area contributed by atoms with Gasteiger partial charge in [-0.3, -0.25) is 14.6 Å². The van der Waals surface area contributed by atoms with Crippen molar-refractivity contribution in [3.8, 4) is 0 Å². The maximum Gasteiger partial charge on any atom is 0.227 e. The van der Waals surface area contributed by atoms with Crippen LogP contribution < -0.4 is 0 Å². The fourth-order valence-electron chi connectivity index (χ4n) is 5.68. The van der Waals surface area contributed by atoms with Gasteiger partial charge in [0.15, 0.2) is 0 Å². The Morgan fingerprint density at radius 2 is 1.64 bits per heavy atom. The Labute approximate surface area is 206 Å². The molecule has 3 heterocycles. The van der Waals surface area contributed by atoms with E-state index < -0.39 is 0 Å². The van der Waals surface area contributed by atoms with Crippen LogP contribution >= 0.6 is 23.2 Å². The number of nitrogens with zero attached hydrogens (tertiary/aromatic N) is 3. The van der Waals surface area contributed by atoms with E-state index in [0.717, 1.165) is 38.3 Å². The fraction of sp³-hybridized carbons (Fsp3) is 0.500. The standard InChI is InChI=1S/C26H31Cl2N3O2/c27-21-9-8-20(14-22(21)28)15-25(32)31-13-12-30(16-19-6-2-1-3-7-19)24-18-33-17-23(26(24)31)29-10-4-5-11-29/h1-3,6-9,14,23-24,26H,4-5,10-13,15-18H2/t23?,24?,26-/m1/s1. The molecule has 0 spiro atoms. The van der Waals surface area contributed by atoms with Crippen LogP contribution in [-0.2, 0) is 22.5 Å². The van der Waals surface area contributed by atoms with E-state index in [1.165, 1.54) is 18.4 Å². The number of hydrogen-bond donors (Lipinski definition) is 0. The molecule has 7 heteroatoms. The summed E-state index contributed by atoms with van der Waals surface area (Å²) in [7, 11) is 0. The molecule has 5 rings (SSSR count). The molecule has 3 aliphatic heterocycles. The molecule has 33 heavy (non-hydrogen) atoms. The van der Waals surface area contributed by atoms with E-state index in [-0.39, 0.29) is 24.0 Å². The molecule has 3 saturated heterocycles. The van der Waals surface area contributed by atoms with Crippen LogP contribution in [0.2, 0.25) is 10.0 Å². The van der Waals surface area contributed by atoms with Crippen molar-refractivity contribution in [2.45, 2.75) is 43.9 Å². The molecule has 0 bridgehead atoms. The number of amides is 1. The van der Waals surface area contributed by atoms with E-state index in [9.17, 15) is 4.79 Å². The van der Waals surface area contributed by atoms with E-state index in [1.807, 2.05) is 12.1 Å². The van der Waals surface area contributed by atoms with Gasteiger partial charge >= 0.3 is 0 Å². The lowest BCUT2D eigenvalue weighted by Gasteiger charge is -2.54. The van der Waals surface area contributed by atoms with E-state index in [1.54, 1.807) is 6.07 Å². The van der Waals surface area contributed by atoms with Crippen LogP contribution in [0.5, 0.6) is 0 Å². The van der Waals surface area contributed by atoms with Gasteiger partial charge < -0.3 is 9.64 Å². The number of hydrogen-bond acceptors (Lipinski definition) is 4. The first-order valence-electron chi connectivity index (χ1n) is 11.9. The molecular formula is C26H31Cl2N3O2. The molecule has 3 aliphatic rings. The highest BCUT2D eigenvalue weighted by atomic mass is 35.5. The number of halogens is 2. The topological polar surface area (TPSA) is 36.0 Å². The van der Waals surface area contributed by atoms with Crippen LogP contribution in [-0.4, -0.2) is 78.1 Å². The Bertz CT molecular complexity index is 967. The molecular weight excluding hydrogens is 457 g/mol. The van der Waals surface area contributed by atoms with Crippen molar-refractivity contribution in [3.05, 3.63) is 69.7 Å². The van der Waals surface area contributed by atoms with Gasteiger partial charge in [-0.1, -0.05) is 59.6 Å². The van der Waals surface area contributed by atoms with Crippen molar-refractivity contribution in [1.82, 2.24) is 14.7 Å². The second-order valence-electron chi connectivity index (χ2n) is 9.37. The van der Waals surface area contributed by atoms with Crippen molar-refractivity contribution in [2.75, 3.05) is 39.4 Å². The monoisotopic (exact) mass is 487 g/mol. The minimum absolute atomic E-state index is 0.129. The highest BCUT2D eigenvalue weighted by Crippen LogP contribution is 2.31. The predicted octanol–water partition coefficient (Wildman–Crippen LogP) is 4.11. The Morgan fingerprint density at radius 1 is 0.879 bits per heavy atom. The zero-order chi connectivity index (χ0) is 22.8. The lowest BCUT2D eigenvalue weighted by atomic mass is 9.90. The first kappa shape index (κ1) is 23.1. The zero-order valence-corrected chi connectivity index (χ0v) is 20.3. The third-order valence-electron chi connectivity index (χ3n) is 7.32. The van der Waals surface area contributed by atoms with Gasteiger partial charge in [-0.2, -0.15) is 0 Å². The molecule has 2 unspecified atom stereocenters. The van der Waals surface area contributed by atoms with Crippen LogP contribution in [0.25, 0.3) is 0 Å². The molecule has 2 aromatic rings. The van der Waals surface area contributed by atoms with Crippen molar-refractivity contribution < 1.29 is 9.53 Å². The summed E-state index contributed by atoms with van der Waals surface area (Å²) in [5.74, 6) is 0.161. The first-order chi connectivity index (χ1) is 16.1. The minimum atomic E-state index is 0.129. The molecule has 3 atom stereocenters. The molecule has 0 saturated carbocycles. The van der Waals surface area contributed by atoms with Crippen LogP contribution in [0.15, 0.2) is 48.5 Å². The molecule has 0 aliphatic carbocycles. The van der Waals surface area contributed by atoms with Crippen LogP contribution in [0.3, 0.4) is 0 Å². The number of ether oxygens (including phenoxy) is 1. The number of piperazine rings is 1. The second kappa shape index (κ2) is 10.3. The molecule has 0 N–H and O–H groups in total. The Hall–Kier alpha value is -1.63. The van der Waals surface area contributed by atoms with Gasteiger partial charge in [-0.15, -0.1) is 0 Å². The second-order valence-corrected chi connectivity index (χ2v) is 10.2. The lowest BCUT2D eigenvalue weighted by molar-refractivity contribution is -0.153. The lowest BCUT2D eigenvalue weighted by Crippen LogP contribution is -2.71. The van der Waals surface area contributed by atoms with Crippen molar-refractivity contribution in [1.29, 1.82) is 0 Å². The Kier molecular flexibility index (Phi) is 7.24. The van der Waals surface area contributed by atoms with E-state index in [0.29, 0.717) is 29.7 Å². The first-order valence-corrected chi connectivity index (χ1v) is 12.7. The molecule has 0 aromatic heterocycles. The quantitative estimate of drug-likeness (QED) is 0.635.